The van der Waals surface area contributed by atoms with Crippen molar-refractivity contribution >= 4 is 21.5 Å². The topological polar surface area (TPSA) is 76.3 Å². The zero-order valence-corrected chi connectivity index (χ0v) is 10.6. The molecule has 2 N–H and O–H groups in total. The van der Waals surface area contributed by atoms with Crippen LogP contribution in [0.2, 0.25) is 0 Å². The molecule has 0 aliphatic rings. The van der Waals surface area contributed by atoms with E-state index in [9.17, 15) is 8.42 Å². The van der Waals surface area contributed by atoms with Crippen LogP contribution in [0.4, 0.5) is 11.5 Å². The molecule has 0 fully saturated rings. The highest BCUT2D eigenvalue weighted by atomic mass is 32.2. The molecular formula is C12H13N3O2S. The molecule has 0 aliphatic heterocycles. The van der Waals surface area contributed by atoms with Crippen LogP contribution in [0.3, 0.4) is 0 Å². The van der Waals surface area contributed by atoms with Crippen LogP contribution >= 0.6 is 0 Å². The molecule has 18 heavy (non-hydrogen) atoms. The lowest BCUT2D eigenvalue weighted by Gasteiger charge is -2.19. The van der Waals surface area contributed by atoms with Crippen molar-refractivity contribution in [3.8, 4) is 0 Å². The van der Waals surface area contributed by atoms with E-state index in [-0.39, 0.29) is 10.7 Å². The predicted octanol–water partition coefficient (Wildman–Crippen LogP) is 1.49. The molecule has 0 atom stereocenters. The van der Waals surface area contributed by atoms with Gasteiger partial charge < -0.3 is 5.73 Å². The molecule has 2 rings (SSSR count). The van der Waals surface area contributed by atoms with Crippen molar-refractivity contribution in [1.29, 1.82) is 0 Å². The number of hydrogen-bond donors (Lipinski definition) is 1. The molecule has 0 unspecified atom stereocenters. The Bertz CT molecular complexity index is 624. The van der Waals surface area contributed by atoms with Crippen LogP contribution in [-0.4, -0.2) is 20.4 Å². The standard InChI is InChI=1S/C12H13N3O2S/c1-15(10-5-3-2-4-6-10)18(16,17)11-7-8-12(13)14-9-11/h2-9H,1H3,(H2,13,14). The zero-order valence-electron chi connectivity index (χ0n) is 9.82. The van der Waals surface area contributed by atoms with Crippen LogP contribution in [0.5, 0.6) is 0 Å². The van der Waals surface area contributed by atoms with Crippen molar-refractivity contribution in [2.45, 2.75) is 4.90 Å². The monoisotopic (exact) mass is 263 g/mol. The zero-order chi connectivity index (χ0) is 13.2. The van der Waals surface area contributed by atoms with Gasteiger partial charge in [-0.05, 0) is 24.3 Å². The number of nitrogens with two attached hydrogens (primary N) is 1. The lowest BCUT2D eigenvalue weighted by atomic mass is 10.3. The third kappa shape index (κ3) is 2.28. The summed E-state index contributed by atoms with van der Waals surface area (Å²) in [5, 5.41) is 0. The smallest absolute Gasteiger partial charge is 0.265 e. The van der Waals surface area contributed by atoms with E-state index in [0.29, 0.717) is 5.69 Å². The van der Waals surface area contributed by atoms with Gasteiger partial charge in [-0.15, -0.1) is 0 Å². The van der Waals surface area contributed by atoms with Gasteiger partial charge in [-0.1, -0.05) is 18.2 Å². The van der Waals surface area contributed by atoms with E-state index in [2.05, 4.69) is 4.98 Å². The minimum absolute atomic E-state index is 0.114. The van der Waals surface area contributed by atoms with Crippen molar-refractivity contribution in [1.82, 2.24) is 4.98 Å². The van der Waals surface area contributed by atoms with E-state index in [1.54, 1.807) is 24.3 Å². The summed E-state index contributed by atoms with van der Waals surface area (Å²) in [5.41, 5.74) is 6.03. The van der Waals surface area contributed by atoms with Crippen LogP contribution < -0.4 is 10.0 Å². The highest BCUT2D eigenvalue weighted by molar-refractivity contribution is 7.92. The van der Waals surface area contributed by atoms with Crippen LogP contribution in [0.15, 0.2) is 53.6 Å². The quantitative estimate of drug-likeness (QED) is 0.910. The summed E-state index contributed by atoms with van der Waals surface area (Å²) in [6, 6.07) is 11.7. The average Bonchev–Trinajstić information content (AvgIpc) is 2.39. The molecule has 5 nitrogen and oxygen atoms in total. The fourth-order valence-electron chi connectivity index (χ4n) is 1.48. The highest BCUT2D eigenvalue weighted by Gasteiger charge is 2.21. The number of benzene rings is 1. The summed E-state index contributed by atoms with van der Waals surface area (Å²) in [5.74, 6) is 0.288. The number of para-hydroxylation sites is 1. The van der Waals surface area contributed by atoms with E-state index >= 15 is 0 Å². The molecule has 94 valence electrons. The molecule has 0 spiro atoms. The molecule has 0 aliphatic carbocycles. The fraction of sp³-hybridized carbons (Fsp3) is 0.0833. The lowest BCUT2D eigenvalue weighted by Crippen LogP contribution is -2.26. The second-order valence-corrected chi connectivity index (χ2v) is 5.70. The van der Waals surface area contributed by atoms with Gasteiger partial charge in [-0.25, -0.2) is 13.4 Å². The van der Waals surface area contributed by atoms with Gasteiger partial charge >= 0.3 is 0 Å². The van der Waals surface area contributed by atoms with E-state index in [4.69, 9.17) is 5.73 Å². The van der Waals surface area contributed by atoms with Gasteiger partial charge in [-0.3, -0.25) is 4.31 Å². The van der Waals surface area contributed by atoms with Crippen LogP contribution in [-0.2, 0) is 10.0 Å². The average molecular weight is 263 g/mol. The minimum atomic E-state index is -3.59. The van der Waals surface area contributed by atoms with Gasteiger partial charge in [-0.2, -0.15) is 0 Å². The van der Waals surface area contributed by atoms with Crippen LogP contribution in [0, 0.1) is 0 Å². The Morgan fingerprint density at radius 2 is 1.78 bits per heavy atom. The maximum absolute atomic E-state index is 12.3. The molecule has 1 aromatic carbocycles. The lowest BCUT2D eigenvalue weighted by molar-refractivity contribution is 0.594. The Labute approximate surface area is 106 Å². The molecule has 2 aromatic rings. The SMILES string of the molecule is CN(c1ccccc1)S(=O)(=O)c1ccc(N)nc1. The summed E-state index contributed by atoms with van der Waals surface area (Å²) >= 11 is 0. The van der Waals surface area contributed by atoms with Crippen molar-refractivity contribution in [3.63, 3.8) is 0 Å². The highest BCUT2D eigenvalue weighted by Crippen LogP contribution is 2.21. The fourth-order valence-corrected chi connectivity index (χ4v) is 2.62. The number of anilines is 2. The number of hydrogen-bond acceptors (Lipinski definition) is 4. The normalized spacial score (nSPS) is 11.2. The third-order valence-corrected chi connectivity index (χ3v) is 4.31. The number of pyridine rings is 1. The summed E-state index contributed by atoms with van der Waals surface area (Å²) in [6.07, 6.45) is 1.25. The predicted molar refractivity (Wildman–Crippen MR) is 70.7 cm³/mol. The Morgan fingerprint density at radius 3 is 2.33 bits per heavy atom. The maximum atomic E-state index is 12.3. The van der Waals surface area contributed by atoms with Gasteiger partial charge in [0.25, 0.3) is 10.0 Å². The van der Waals surface area contributed by atoms with Gasteiger partial charge in [0.1, 0.15) is 10.7 Å². The molecule has 6 heteroatoms. The number of nitrogen functional groups attached to an aromatic ring is 1. The maximum Gasteiger partial charge on any atom is 0.265 e. The third-order valence-electron chi connectivity index (χ3n) is 2.54. The van der Waals surface area contributed by atoms with E-state index < -0.39 is 10.0 Å². The molecule has 0 radical (unpaired) electrons. The molecule has 1 heterocycles. The van der Waals surface area contributed by atoms with Crippen molar-refractivity contribution < 1.29 is 8.42 Å². The van der Waals surface area contributed by atoms with Gasteiger partial charge in [0.05, 0.1) is 5.69 Å². The number of sulfonamides is 1. The summed E-state index contributed by atoms with van der Waals surface area (Å²) < 4.78 is 25.8. The summed E-state index contributed by atoms with van der Waals surface area (Å²) in [7, 11) is -2.09. The molecule has 0 amide bonds. The second kappa shape index (κ2) is 4.66. The Hall–Kier alpha value is -2.08. The van der Waals surface area contributed by atoms with E-state index in [1.165, 1.54) is 29.7 Å². The first-order valence-electron chi connectivity index (χ1n) is 5.27. The van der Waals surface area contributed by atoms with E-state index in [1.807, 2.05) is 6.07 Å². The molecular weight excluding hydrogens is 250 g/mol. The van der Waals surface area contributed by atoms with Crippen molar-refractivity contribution in [2.24, 2.45) is 0 Å². The first kappa shape index (κ1) is 12.4. The van der Waals surface area contributed by atoms with Crippen molar-refractivity contribution in [2.75, 3.05) is 17.1 Å². The largest absolute Gasteiger partial charge is 0.384 e. The van der Waals surface area contributed by atoms with Crippen molar-refractivity contribution in [3.05, 3.63) is 48.7 Å². The minimum Gasteiger partial charge on any atom is -0.384 e. The summed E-state index contributed by atoms with van der Waals surface area (Å²) in [6.45, 7) is 0. The molecule has 0 saturated carbocycles. The van der Waals surface area contributed by atoms with E-state index in [0.717, 1.165) is 0 Å². The van der Waals surface area contributed by atoms with Gasteiger partial charge in [0.2, 0.25) is 0 Å². The van der Waals surface area contributed by atoms with Gasteiger partial charge in [0.15, 0.2) is 0 Å². The Morgan fingerprint density at radius 1 is 1.11 bits per heavy atom. The van der Waals surface area contributed by atoms with Gasteiger partial charge in [0, 0.05) is 13.2 Å². The number of nitrogens with zero attached hydrogens (tertiary/aromatic N) is 2. The number of rotatable bonds is 3. The first-order chi connectivity index (χ1) is 8.51. The molecule has 1 aromatic heterocycles. The second-order valence-electron chi connectivity index (χ2n) is 3.73. The Balaban J connectivity index is 2.40. The Kier molecular flexibility index (Phi) is 3.20. The van der Waals surface area contributed by atoms with Crippen LogP contribution in [0.25, 0.3) is 0 Å². The molecule has 0 saturated heterocycles. The number of aromatic nitrogens is 1. The summed E-state index contributed by atoms with van der Waals surface area (Å²) in [4.78, 5) is 3.91. The first-order valence-corrected chi connectivity index (χ1v) is 6.71. The van der Waals surface area contributed by atoms with Crippen LogP contribution in [0.1, 0.15) is 0 Å². The molecule has 0 bridgehead atoms.